The van der Waals surface area contributed by atoms with Gasteiger partial charge in [0.25, 0.3) is 0 Å². The van der Waals surface area contributed by atoms with E-state index in [1.165, 1.54) is 0 Å². The van der Waals surface area contributed by atoms with Crippen LogP contribution in [0.3, 0.4) is 0 Å². The zero-order valence-corrected chi connectivity index (χ0v) is 11.2. The molecule has 0 fully saturated rings. The molecule has 2 rings (SSSR count). The fraction of sp³-hybridized carbons (Fsp3) is 0.308. The summed E-state index contributed by atoms with van der Waals surface area (Å²) in [6, 6.07) is 1.69. The van der Waals surface area contributed by atoms with Crippen molar-refractivity contribution in [1.29, 1.82) is 0 Å². The molecule has 1 unspecified atom stereocenters. The second kappa shape index (κ2) is 5.73. The molecule has 0 aliphatic carbocycles. The summed E-state index contributed by atoms with van der Waals surface area (Å²) in [6.07, 6.45) is 4.98. The number of methoxy groups -OCH3 is 1. The van der Waals surface area contributed by atoms with Gasteiger partial charge in [-0.1, -0.05) is 6.07 Å². The predicted octanol–water partition coefficient (Wildman–Crippen LogP) is 1.05. The average molecular weight is 259 g/mol. The van der Waals surface area contributed by atoms with E-state index in [2.05, 4.69) is 26.4 Å². The fourth-order valence-corrected chi connectivity index (χ4v) is 2.01. The lowest BCUT2D eigenvalue weighted by Crippen LogP contribution is -2.31. The van der Waals surface area contributed by atoms with E-state index in [0.717, 1.165) is 16.8 Å². The summed E-state index contributed by atoms with van der Waals surface area (Å²) in [4.78, 5) is 12.9. The smallest absolute Gasteiger partial charge is 0.237 e. The van der Waals surface area contributed by atoms with Crippen molar-refractivity contribution < 1.29 is 4.74 Å². The summed E-state index contributed by atoms with van der Waals surface area (Å²) >= 11 is 0. The van der Waals surface area contributed by atoms with Crippen LogP contribution in [0.5, 0.6) is 5.88 Å². The molecule has 0 spiro atoms. The second-order valence-corrected chi connectivity index (χ2v) is 4.27. The number of rotatable bonds is 4. The van der Waals surface area contributed by atoms with E-state index in [9.17, 15) is 0 Å². The molecule has 0 saturated carbocycles. The van der Waals surface area contributed by atoms with E-state index >= 15 is 0 Å². The van der Waals surface area contributed by atoms with Crippen LogP contribution in [0.25, 0.3) is 0 Å². The zero-order chi connectivity index (χ0) is 13.8. The molecule has 2 aromatic heterocycles. The number of pyridine rings is 1. The van der Waals surface area contributed by atoms with Gasteiger partial charge in [0, 0.05) is 18.6 Å². The lowest BCUT2D eigenvalue weighted by molar-refractivity contribution is 0.382. The Bertz CT molecular complexity index is 573. The molecule has 0 radical (unpaired) electrons. The Morgan fingerprint density at radius 2 is 1.89 bits per heavy atom. The normalized spacial score (nSPS) is 12.2. The van der Waals surface area contributed by atoms with Gasteiger partial charge in [0.05, 0.1) is 12.8 Å². The van der Waals surface area contributed by atoms with E-state index in [-0.39, 0.29) is 6.04 Å². The first kappa shape index (κ1) is 13.4. The number of hydrazine groups is 1. The lowest BCUT2D eigenvalue weighted by atomic mass is 10.0. The number of aryl methyl sites for hydroxylation is 2. The standard InChI is InChI=1S/C13H17N5O/c1-8-6-9(2)10(17-7-8)11(18-14)12-13(19-3)16-5-4-15-12/h4-7,11,18H,14H2,1-3H3. The third kappa shape index (κ3) is 2.69. The van der Waals surface area contributed by atoms with Gasteiger partial charge in [-0.25, -0.2) is 10.4 Å². The van der Waals surface area contributed by atoms with Gasteiger partial charge in [-0.2, -0.15) is 0 Å². The monoisotopic (exact) mass is 259 g/mol. The number of hydrogen-bond donors (Lipinski definition) is 2. The first-order valence-electron chi connectivity index (χ1n) is 5.91. The fourth-order valence-electron chi connectivity index (χ4n) is 2.01. The van der Waals surface area contributed by atoms with E-state index in [1.54, 1.807) is 25.7 Å². The first-order chi connectivity index (χ1) is 9.17. The highest BCUT2D eigenvalue weighted by Gasteiger charge is 2.22. The molecule has 100 valence electrons. The summed E-state index contributed by atoms with van der Waals surface area (Å²) in [5, 5.41) is 0. The summed E-state index contributed by atoms with van der Waals surface area (Å²) in [6.45, 7) is 3.99. The third-order valence-corrected chi connectivity index (χ3v) is 2.85. The minimum absolute atomic E-state index is 0.357. The maximum atomic E-state index is 5.65. The second-order valence-electron chi connectivity index (χ2n) is 4.27. The van der Waals surface area contributed by atoms with Crippen LogP contribution in [0, 0.1) is 13.8 Å². The molecular weight excluding hydrogens is 242 g/mol. The molecule has 0 aromatic carbocycles. The van der Waals surface area contributed by atoms with Gasteiger partial charge >= 0.3 is 0 Å². The Hall–Kier alpha value is -2.05. The van der Waals surface area contributed by atoms with E-state index < -0.39 is 0 Å². The maximum Gasteiger partial charge on any atom is 0.237 e. The molecule has 2 heterocycles. The van der Waals surface area contributed by atoms with Crippen molar-refractivity contribution in [2.75, 3.05) is 7.11 Å². The van der Waals surface area contributed by atoms with Crippen molar-refractivity contribution in [3.63, 3.8) is 0 Å². The Morgan fingerprint density at radius 3 is 2.53 bits per heavy atom. The van der Waals surface area contributed by atoms with Crippen molar-refractivity contribution in [3.05, 3.63) is 47.2 Å². The van der Waals surface area contributed by atoms with E-state index in [0.29, 0.717) is 11.6 Å². The largest absolute Gasteiger partial charge is 0.480 e. The molecule has 1 atom stereocenters. The summed E-state index contributed by atoms with van der Waals surface area (Å²) in [7, 11) is 1.55. The van der Waals surface area contributed by atoms with Crippen LogP contribution in [-0.4, -0.2) is 22.1 Å². The number of nitrogens with zero attached hydrogens (tertiary/aromatic N) is 3. The van der Waals surface area contributed by atoms with Gasteiger partial charge in [0.1, 0.15) is 11.7 Å². The summed E-state index contributed by atoms with van der Waals surface area (Å²) < 4.78 is 5.22. The maximum absolute atomic E-state index is 5.65. The van der Waals surface area contributed by atoms with Gasteiger partial charge < -0.3 is 4.74 Å². The van der Waals surface area contributed by atoms with Crippen LogP contribution in [0.1, 0.15) is 28.6 Å². The van der Waals surface area contributed by atoms with Crippen molar-refractivity contribution in [2.45, 2.75) is 19.9 Å². The predicted molar refractivity (Wildman–Crippen MR) is 71.5 cm³/mol. The zero-order valence-electron chi connectivity index (χ0n) is 11.2. The number of hydrogen-bond acceptors (Lipinski definition) is 6. The van der Waals surface area contributed by atoms with Crippen molar-refractivity contribution in [2.24, 2.45) is 5.84 Å². The Labute approximate surface area is 112 Å². The molecule has 0 aliphatic heterocycles. The molecule has 2 aromatic rings. The highest BCUT2D eigenvalue weighted by molar-refractivity contribution is 5.34. The van der Waals surface area contributed by atoms with Crippen molar-refractivity contribution in [3.8, 4) is 5.88 Å². The molecule has 6 nitrogen and oxygen atoms in total. The Balaban J connectivity index is 2.50. The lowest BCUT2D eigenvalue weighted by Gasteiger charge is -2.18. The van der Waals surface area contributed by atoms with Gasteiger partial charge in [-0.3, -0.25) is 15.8 Å². The number of nitrogens with one attached hydrogen (secondary N) is 1. The van der Waals surface area contributed by atoms with Crippen LogP contribution < -0.4 is 16.0 Å². The minimum Gasteiger partial charge on any atom is -0.480 e. The topological polar surface area (TPSA) is 86.0 Å². The average Bonchev–Trinajstić information content (AvgIpc) is 2.42. The third-order valence-electron chi connectivity index (χ3n) is 2.85. The van der Waals surface area contributed by atoms with Crippen LogP contribution in [-0.2, 0) is 0 Å². The van der Waals surface area contributed by atoms with Crippen molar-refractivity contribution >= 4 is 0 Å². The molecular formula is C13H17N5O. The first-order valence-corrected chi connectivity index (χ1v) is 5.91. The highest BCUT2D eigenvalue weighted by atomic mass is 16.5. The van der Waals surface area contributed by atoms with Crippen LogP contribution in [0.2, 0.25) is 0 Å². The van der Waals surface area contributed by atoms with Gasteiger partial charge in [0.15, 0.2) is 0 Å². The molecule has 0 bridgehead atoms. The Morgan fingerprint density at radius 1 is 1.16 bits per heavy atom. The number of ether oxygens (including phenoxy) is 1. The van der Waals surface area contributed by atoms with Crippen LogP contribution in [0.4, 0.5) is 0 Å². The van der Waals surface area contributed by atoms with E-state index in [4.69, 9.17) is 10.6 Å². The summed E-state index contributed by atoms with van der Waals surface area (Å²) in [5.41, 5.74) is 6.29. The van der Waals surface area contributed by atoms with Gasteiger partial charge in [0.2, 0.25) is 5.88 Å². The highest BCUT2D eigenvalue weighted by Crippen LogP contribution is 2.26. The molecule has 19 heavy (non-hydrogen) atoms. The van der Waals surface area contributed by atoms with Crippen LogP contribution in [0.15, 0.2) is 24.7 Å². The SMILES string of the molecule is COc1nccnc1C(NN)c1ncc(C)cc1C. The molecule has 0 amide bonds. The van der Waals surface area contributed by atoms with Gasteiger partial charge in [-0.15, -0.1) is 0 Å². The van der Waals surface area contributed by atoms with Gasteiger partial charge in [-0.05, 0) is 25.0 Å². The Kier molecular flexibility index (Phi) is 4.03. The quantitative estimate of drug-likeness (QED) is 0.630. The van der Waals surface area contributed by atoms with Crippen LogP contribution >= 0.6 is 0 Å². The van der Waals surface area contributed by atoms with E-state index in [1.807, 2.05) is 13.8 Å². The minimum atomic E-state index is -0.357. The summed E-state index contributed by atoms with van der Waals surface area (Å²) in [5.74, 6) is 6.09. The van der Waals surface area contributed by atoms with Crippen molar-refractivity contribution in [1.82, 2.24) is 20.4 Å². The molecule has 0 saturated heterocycles. The number of nitrogens with two attached hydrogens (primary N) is 1. The molecule has 6 heteroatoms. The molecule has 0 aliphatic rings. The molecule has 3 N–H and O–H groups in total. The number of aromatic nitrogens is 3.